The number of amides is 1. The van der Waals surface area contributed by atoms with E-state index in [9.17, 15) is 14.4 Å². The Balaban J connectivity index is 4.68. The van der Waals surface area contributed by atoms with Crippen molar-refractivity contribution >= 4 is 17.8 Å². The lowest BCUT2D eigenvalue weighted by atomic mass is 9.92. The molecular weight excluding hydrogens is 735 g/mol. The molecule has 59 heavy (non-hydrogen) atoms. The Bertz CT molecular complexity index is 907. The van der Waals surface area contributed by atoms with E-state index in [-0.39, 0.29) is 17.8 Å². The van der Waals surface area contributed by atoms with Gasteiger partial charge in [0.25, 0.3) is 5.91 Å². The molecule has 7 heteroatoms. The van der Waals surface area contributed by atoms with Gasteiger partial charge in [-0.25, -0.2) is 0 Å². The van der Waals surface area contributed by atoms with Gasteiger partial charge >= 0.3 is 11.9 Å². The van der Waals surface area contributed by atoms with Gasteiger partial charge in [0.2, 0.25) is 0 Å². The Kier molecular flexibility index (Phi) is 43.2. The third kappa shape index (κ3) is 36.7. The highest BCUT2D eigenvalue weighted by Crippen LogP contribution is 2.23. The molecule has 0 aliphatic carbocycles. The summed E-state index contributed by atoms with van der Waals surface area (Å²) in [5.41, 5.74) is 0. The molecular formula is C52H101NO6. The lowest BCUT2D eigenvalue weighted by Crippen LogP contribution is -2.41. The third-order valence-electron chi connectivity index (χ3n) is 12.4. The van der Waals surface area contributed by atoms with E-state index in [4.69, 9.17) is 14.2 Å². The zero-order valence-electron chi connectivity index (χ0n) is 40.4. The Labute approximate surface area is 367 Å². The van der Waals surface area contributed by atoms with Crippen molar-refractivity contribution in [3.63, 3.8) is 0 Å². The van der Waals surface area contributed by atoms with Gasteiger partial charge in [0.05, 0.1) is 13.2 Å². The molecule has 0 radical (unpaired) electrons. The first kappa shape index (κ1) is 57.4. The smallest absolute Gasteiger partial charge is 0.305 e. The van der Waals surface area contributed by atoms with Crippen LogP contribution < -0.4 is 0 Å². The van der Waals surface area contributed by atoms with Crippen LogP contribution in [0.2, 0.25) is 0 Å². The van der Waals surface area contributed by atoms with Gasteiger partial charge in [0.1, 0.15) is 6.10 Å². The van der Waals surface area contributed by atoms with E-state index in [1.165, 1.54) is 135 Å². The summed E-state index contributed by atoms with van der Waals surface area (Å²) in [4.78, 5) is 40.7. The topological polar surface area (TPSA) is 82.1 Å². The monoisotopic (exact) mass is 836 g/mol. The van der Waals surface area contributed by atoms with Crippen LogP contribution in [0, 0.1) is 11.8 Å². The van der Waals surface area contributed by atoms with Gasteiger partial charge in [-0.3, -0.25) is 14.4 Å². The van der Waals surface area contributed by atoms with Crippen LogP contribution in [0.15, 0.2) is 0 Å². The SMILES string of the molecule is CCCCCCCCN(CC)C(=O)C(CCCCCCCC(=O)OCCC(CCCCC)CCCCC)OCCCCCC(=O)OCCC(CCCCC)CCCCC. The van der Waals surface area contributed by atoms with Crippen molar-refractivity contribution in [3.8, 4) is 0 Å². The highest BCUT2D eigenvalue weighted by atomic mass is 16.5. The maximum absolute atomic E-state index is 13.7. The van der Waals surface area contributed by atoms with Crippen LogP contribution in [-0.4, -0.2) is 61.8 Å². The van der Waals surface area contributed by atoms with Gasteiger partial charge in [-0.15, -0.1) is 0 Å². The van der Waals surface area contributed by atoms with Crippen LogP contribution in [0.4, 0.5) is 0 Å². The predicted molar refractivity (Wildman–Crippen MR) is 251 cm³/mol. The van der Waals surface area contributed by atoms with E-state index in [2.05, 4.69) is 41.5 Å². The molecule has 0 bridgehead atoms. The summed E-state index contributed by atoms with van der Waals surface area (Å²) in [6.07, 6.45) is 38.3. The fourth-order valence-electron chi connectivity index (χ4n) is 8.31. The van der Waals surface area contributed by atoms with Crippen molar-refractivity contribution in [3.05, 3.63) is 0 Å². The molecule has 0 rings (SSSR count). The van der Waals surface area contributed by atoms with Gasteiger partial charge in [-0.05, 0) is 63.7 Å². The second-order valence-electron chi connectivity index (χ2n) is 17.9. The Hall–Kier alpha value is -1.63. The summed E-state index contributed by atoms with van der Waals surface area (Å²) in [6.45, 7) is 16.5. The first-order valence-corrected chi connectivity index (χ1v) is 26.1. The van der Waals surface area contributed by atoms with E-state index in [1.807, 2.05) is 4.90 Å². The molecule has 0 aromatic heterocycles. The van der Waals surface area contributed by atoms with Gasteiger partial charge in [0, 0.05) is 32.5 Å². The Morgan fingerprint density at radius 2 is 0.763 bits per heavy atom. The predicted octanol–water partition coefficient (Wildman–Crippen LogP) is 15.3. The first-order valence-electron chi connectivity index (χ1n) is 26.1. The Morgan fingerprint density at radius 1 is 0.390 bits per heavy atom. The van der Waals surface area contributed by atoms with Crippen LogP contribution in [0.5, 0.6) is 0 Å². The molecule has 0 aromatic carbocycles. The molecule has 1 amide bonds. The van der Waals surface area contributed by atoms with Crippen molar-refractivity contribution in [1.29, 1.82) is 0 Å². The number of likely N-dealkylation sites (N-methyl/N-ethyl adjacent to an activating group) is 1. The molecule has 1 unspecified atom stereocenters. The minimum Gasteiger partial charge on any atom is -0.466 e. The van der Waals surface area contributed by atoms with E-state index >= 15 is 0 Å². The quantitative estimate of drug-likeness (QED) is 0.0449. The molecule has 0 saturated heterocycles. The van der Waals surface area contributed by atoms with E-state index < -0.39 is 6.10 Å². The van der Waals surface area contributed by atoms with Gasteiger partial charge < -0.3 is 19.1 Å². The van der Waals surface area contributed by atoms with Crippen molar-refractivity contribution in [2.24, 2.45) is 11.8 Å². The molecule has 0 heterocycles. The zero-order valence-corrected chi connectivity index (χ0v) is 40.4. The average molecular weight is 836 g/mol. The van der Waals surface area contributed by atoms with E-state index in [0.717, 1.165) is 83.6 Å². The fraction of sp³-hybridized carbons (Fsp3) is 0.942. The summed E-state index contributed by atoms with van der Waals surface area (Å²) in [5, 5.41) is 0. The number of carbonyl (C=O) groups is 3. The number of rotatable bonds is 46. The van der Waals surface area contributed by atoms with Crippen molar-refractivity contribution < 1.29 is 28.6 Å². The number of esters is 2. The van der Waals surface area contributed by atoms with Gasteiger partial charge in [0.15, 0.2) is 0 Å². The minimum atomic E-state index is -0.412. The average Bonchev–Trinajstić information content (AvgIpc) is 3.23. The molecule has 1 atom stereocenters. The summed E-state index contributed by atoms with van der Waals surface area (Å²) in [7, 11) is 0. The maximum atomic E-state index is 13.7. The molecule has 0 saturated carbocycles. The molecule has 350 valence electrons. The molecule has 0 spiro atoms. The molecule has 0 aliphatic rings. The van der Waals surface area contributed by atoms with Crippen molar-refractivity contribution in [2.75, 3.05) is 32.9 Å². The number of carbonyl (C=O) groups excluding carboxylic acids is 3. The normalized spacial score (nSPS) is 12.1. The lowest BCUT2D eigenvalue weighted by Gasteiger charge is -2.26. The standard InChI is InChI=1S/C52H101NO6/c1-7-13-18-19-23-32-43-53(12-6)52(56)49(57-44-33-24-31-40-51(55)59-46-42-48(36-27-16-10-4)37-28-17-11-5)38-29-21-20-22-30-39-50(54)58-45-41-47(34-25-14-8-2)35-26-15-9-3/h47-49H,7-46H2,1-6H3. The number of hydrogen-bond donors (Lipinski definition) is 0. The van der Waals surface area contributed by atoms with Gasteiger partial charge in [-0.2, -0.15) is 0 Å². The molecule has 0 N–H and O–H groups in total. The first-order chi connectivity index (χ1) is 28.9. The van der Waals surface area contributed by atoms with Crippen LogP contribution in [0.3, 0.4) is 0 Å². The van der Waals surface area contributed by atoms with Crippen molar-refractivity contribution in [2.45, 2.75) is 272 Å². The summed E-state index contributed by atoms with van der Waals surface area (Å²) in [5.74, 6) is 1.36. The van der Waals surface area contributed by atoms with Crippen molar-refractivity contribution in [1.82, 2.24) is 4.90 Å². The maximum Gasteiger partial charge on any atom is 0.305 e. The minimum absolute atomic E-state index is 0.0497. The molecule has 7 nitrogen and oxygen atoms in total. The molecule has 0 aliphatic heterocycles. The van der Waals surface area contributed by atoms with E-state index in [0.29, 0.717) is 51.0 Å². The van der Waals surface area contributed by atoms with Crippen LogP contribution in [0.1, 0.15) is 266 Å². The van der Waals surface area contributed by atoms with E-state index in [1.54, 1.807) is 0 Å². The number of hydrogen-bond acceptors (Lipinski definition) is 6. The highest BCUT2D eigenvalue weighted by molar-refractivity contribution is 5.80. The third-order valence-corrected chi connectivity index (χ3v) is 12.4. The molecule has 0 aromatic rings. The molecule has 0 fully saturated rings. The lowest BCUT2D eigenvalue weighted by molar-refractivity contribution is -0.145. The second kappa shape index (κ2) is 44.4. The fourth-order valence-corrected chi connectivity index (χ4v) is 8.31. The summed E-state index contributed by atoms with van der Waals surface area (Å²) >= 11 is 0. The number of ether oxygens (including phenoxy) is 3. The highest BCUT2D eigenvalue weighted by Gasteiger charge is 2.24. The Morgan fingerprint density at radius 3 is 1.22 bits per heavy atom. The summed E-state index contributed by atoms with van der Waals surface area (Å²) < 4.78 is 17.6. The second-order valence-corrected chi connectivity index (χ2v) is 17.9. The van der Waals surface area contributed by atoms with Gasteiger partial charge in [-0.1, -0.05) is 202 Å². The summed E-state index contributed by atoms with van der Waals surface area (Å²) in [6, 6.07) is 0. The largest absolute Gasteiger partial charge is 0.466 e. The number of nitrogens with zero attached hydrogens (tertiary/aromatic N) is 1. The zero-order chi connectivity index (χ0) is 43.4. The van der Waals surface area contributed by atoms with Crippen LogP contribution in [0.25, 0.3) is 0 Å². The number of unbranched alkanes of at least 4 members (excludes halogenated alkanes) is 19. The van der Waals surface area contributed by atoms with Crippen LogP contribution >= 0.6 is 0 Å². The van der Waals surface area contributed by atoms with Crippen LogP contribution in [-0.2, 0) is 28.6 Å².